The third-order valence-corrected chi connectivity index (χ3v) is 2.34. The fraction of sp³-hybridized carbons (Fsp3) is 0.933. The van der Waals surface area contributed by atoms with Gasteiger partial charge in [-0.05, 0) is 6.42 Å². The molecule has 7 nitrogen and oxygen atoms in total. The van der Waals surface area contributed by atoms with Crippen molar-refractivity contribution < 1.29 is 53.1 Å². The predicted octanol–water partition coefficient (Wildman–Crippen LogP) is -3.91. The SMILES string of the molecule is CCCCNC(=O)[O-].C[N+](C)(C)CCO.C[N+](C)(C)CCO.[I-]. The minimum atomic E-state index is -1.18. The summed E-state index contributed by atoms with van der Waals surface area (Å²) >= 11 is 0. The average molecular weight is 451 g/mol. The Balaban J connectivity index is -0.000000116. The van der Waals surface area contributed by atoms with Crippen LogP contribution in [0.4, 0.5) is 4.79 Å². The largest absolute Gasteiger partial charge is 1.00 e. The normalized spacial score (nSPS) is 10.3. The van der Waals surface area contributed by atoms with Gasteiger partial charge in [0.15, 0.2) is 0 Å². The number of nitrogens with zero attached hydrogens (tertiary/aromatic N) is 2. The van der Waals surface area contributed by atoms with E-state index in [2.05, 4.69) is 47.6 Å². The fourth-order valence-electron chi connectivity index (χ4n) is 0.967. The number of hydrogen-bond donors (Lipinski definition) is 3. The van der Waals surface area contributed by atoms with E-state index in [0.29, 0.717) is 6.54 Å². The van der Waals surface area contributed by atoms with Crippen molar-refractivity contribution in [1.82, 2.24) is 5.32 Å². The first kappa shape index (κ1) is 30.7. The van der Waals surface area contributed by atoms with Crippen LogP contribution in [-0.2, 0) is 0 Å². The molecule has 0 aromatic heterocycles. The van der Waals surface area contributed by atoms with E-state index in [1.54, 1.807) is 0 Å². The number of aliphatic hydroxyl groups excluding tert-OH is 2. The van der Waals surface area contributed by atoms with Gasteiger partial charge in [-0.25, -0.2) is 0 Å². The number of carbonyl (C=O) groups excluding carboxylic acids is 1. The molecule has 0 fully saturated rings. The van der Waals surface area contributed by atoms with E-state index in [1.165, 1.54) is 0 Å². The Hall–Kier alpha value is -0.160. The summed E-state index contributed by atoms with van der Waals surface area (Å²) in [5, 5.41) is 28.6. The number of quaternary nitrogens is 2. The first-order chi connectivity index (χ1) is 9.89. The van der Waals surface area contributed by atoms with Gasteiger partial charge in [0.05, 0.1) is 55.5 Å². The summed E-state index contributed by atoms with van der Waals surface area (Å²) < 4.78 is 1.69. The number of amides is 1. The zero-order chi connectivity index (χ0) is 18.2. The predicted molar refractivity (Wildman–Crippen MR) is 88.3 cm³/mol. The highest BCUT2D eigenvalue weighted by molar-refractivity contribution is 5.61. The van der Waals surface area contributed by atoms with E-state index in [1.807, 2.05) is 6.92 Å². The zero-order valence-corrected chi connectivity index (χ0v) is 18.1. The summed E-state index contributed by atoms with van der Waals surface area (Å²) in [5.41, 5.74) is 0. The molecule has 0 saturated carbocycles. The smallest absolute Gasteiger partial charge is 0.134 e. The summed E-state index contributed by atoms with van der Waals surface area (Å²) in [4.78, 5) is 9.65. The highest BCUT2D eigenvalue weighted by atomic mass is 127. The van der Waals surface area contributed by atoms with Crippen LogP contribution in [0.1, 0.15) is 19.8 Å². The first-order valence-corrected chi connectivity index (χ1v) is 7.67. The fourth-order valence-corrected chi connectivity index (χ4v) is 0.967. The molecule has 23 heavy (non-hydrogen) atoms. The number of halogens is 1. The number of carbonyl (C=O) groups is 1. The lowest BCUT2D eigenvalue weighted by Crippen LogP contribution is -3.00. The molecule has 144 valence electrons. The van der Waals surface area contributed by atoms with Gasteiger partial charge >= 0.3 is 0 Å². The monoisotopic (exact) mass is 451 g/mol. The van der Waals surface area contributed by atoms with Crippen molar-refractivity contribution in [2.75, 3.05) is 75.1 Å². The van der Waals surface area contributed by atoms with E-state index in [-0.39, 0.29) is 37.2 Å². The lowest BCUT2D eigenvalue weighted by molar-refractivity contribution is -0.870. The van der Waals surface area contributed by atoms with Gasteiger partial charge in [0, 0.05) is 6.54 Å². The molecule has 1 amide bonds. The second-order valence-electron chi connectivity index (χ2n) is 7.04. The maximum absolute atomic E-state index is 9.65. The summed E-state index contributed by atoms with van der Waals surface area (Å²) in [6.45, 7) is 4.74. The number of carboxylic acid groups (broad SMARTS) is 1. The Morgan fingerprint density at radius 3 is 1.43 bits per heavy atom. The molecule has 0 rings (SSSR count). The minimum Gasteiger partial charge on any atom is -1.00 e. The second-order valence-corrected chi connectivity index (χ2v) is 7.04. The number of nitrogens with one attached hydrogen (secondary N) is 1. The number of aliphatic hydroxyl groups is 2. The van der Waals surface area contributed by atoms with Crippen molar-refractivity contribution in [3.05, 3.63) is 0 Å². The molecule has 3 N–H and O–H groups in total. The van der Waals surface area contributed by atoms with Gasteiger partial charge in [-0.15, -0.1) is 0 Å². The van der Waals surface area contributed by atoms with Gasteiger partial charge in [-0.1, -0.05) is 13.3 Å². The molecule has 0 spiro atoms. The van der Waals surface area contributed by atoms with Gasteiger partial charge in [0.25, 0.3) is 0 Å². The van der Waals surface area contributed by atoms with Crippen LogP contribution in [0.2, 0.25) is 0 Å². The highest BCUT2D eigenvalue weighted by Crippen LogP contribution is 1.85. The Labute approximate surface area is 159 Å². The summed E-state index contributed by atoms with van der Waals surface area (Å²) in [5.74, 6) is 0. The third-order valence-electron chi connectivity index (χ3n) is 2.34. The summed E-state index contributed by atoms with van der Waals surface area (Å²) in [7, 11) is 12.3. The maximum Gasteiger partial charge on any atom is 0.134 e. The lowest BCUT2D eigenvalue weighted by atomic mass is 10.3. The van der Waals surface area contributed by atoms with Gasteiger partial charge in [0.1, 0.15) is 19.2 Å². The Kier molecular flexibility index (Phi) is 24.3. The van der Waals surface area contributed by atoms with Crippen LogP contribution in [0.25, 0.3) is 0 Å². The Bertz CT molecular complexity index is 238. The quantitative estimate of drug-likeness (QED) is 0.210. The number of likely N-dealkylation sites (N-methyl/N-ethyl adjacent to an activating group) is 2. The van der Waals surface area contributed by atoms with Crippen LogP contribution in [-0.4, -0.2) is 100 Å². The molecular weight excluding hydrogens is 413 g/mol. The molecule has 0 saturated heterocycles. The Morgan fingerprint density at radius 2 is 1.30 bits per heavy atom. The number of hydrogen-bond acceptors (Lipinski definition) is 4. The molecule has 0 bridgehead atoms. The molecule has 0 aromatic rings. The zero-order valence-electron chi connectivity index (χ0n) is 15.9. The van der Waals surface area contributed by atoms with Crippen LogP contribution >= 0.6 is 0 Å². The van der Waals surface area contributed by atoms with Crippen molar-refractivity contribution in [3.8, 4) is 0 Å². The maximum atomic E-state index is 9.65. The van der Waals surface area contributed by atoms with Crippen LogP contribution in [0.5, 0.6) is 0 Å². The third kappa shape index (κ3) is 52.1. The van der Waals surface area contributed by atoms with Crippen molar-refractivity contribution in [3.63, 3.8) is 0 Å². The molecule has 0 radical (unpaired) electrons. The van der Waals surface area contributed by atoms with Crippen molar-refractivity contribution >= 4 is 6.09 Å². The summed E-state index contributed by atoms with van der Waals surface area (Å²) in [6, 6.07) is 0. The molecular formula is C15H38IN3O4. The highest BCUT2D eigenvalue weighted by Gasteiger charge is 2.02. The second kappa shape index (κ2) is 18.2. The molecule has 0 heterocycles. The van der Waals surface area contributed by atoms with Crippen LogP contribution < -0.4 is 34.4 Å². The van der Waals surface area contributed by atoms with Gasteiger partial charge in [0.2, 0.25) is 0 Å². The molecule has 0 aliphatic carbocycles. The number of rotatable bonds is 7. The van der Waals surface area contributed by atoms with Crippen molar-refractivity contribution in [2.45, 2.75) is 19.8 Å². The van der Waals surface area contributed by atoms with E-state index >= 15 is 0 Å². The van der Waals surface area contributed by atoms with E-state index in [9.17, 15) is 9.90 Å². The molecule has 8 heteroatoms. The lowest BCUT2D eigenvalue weighted by Gasteiger charge is -2.21. The molecule has 0 aliphatic rings. The Morgan fingerprint density at radius 1 is 0.957 bits per heavy atom. The standard InChI is InChI=1S/C5H11NO2.2C5H14NO.HI/c1-2-3-4-6-5(7)8;2*1-6(2,3)4-5-7;/h6H,2-4H2,1H3,(H,7,8);2*7H,4-5H2,1-3H3;1H/q;2*+1;/p-2. The minimum absolute atomic E-state index is 0. The van der Waals surface area contributed by atoms with E-state index in [4.69, 9.17) is 10.2 Å². The van der Waals surface area contributed by atoms with Gasteiger partial charge < -0.3 is 58.4 Å². The molecule has 0 aliphatic heterocycles. The first-order valence-electron chi connectivity index (χ1n) is 7.67. The van der Waals surface area contributed by atoms with Crippen molar-refractivity contribution in [1.29, 1.82) is 0 Å². The summed E-state index contributed by atoms with van der Waals surface area (Å²) in [6.07, 6.45) is 0.701. The molecule has 0 atom stereocenters. The topological polar surface area (TPSA) is 92.6 Å². The van der Waals surface area contributed by atoms with Gasteiger partial charge in [-0.2, -0.15) is 0 Å². The number of unbranched alkanes of at least 4 members (excludes halogenated alkanes) is 1. The van der Waals surface area contributed by atoms with E-state index in [0.717, 1.165) is 34.9 Å². The van der Waals surface area contributed by atoms with E-state index < -0.39 is 6.09 Å². The van der Waals surface area contributed by atoms with Crippen LogP contribution in [0, 0.1) is 0 Å². The van der Waals surface area contributed by atoms with Crippen molar-refractivity contribution in [2.24, 2.45) is 0 Å². The van der Waals surface area contributed by atoms with Gasteiger partial charge in [-0.3, -0.25) is 0 Å². The van der Waals surface area contributed by atoms with Crippen LogP contribution in [0.3, 0.4) is 0 Å². The average Bonchev–Trinajstić information content (AvgIpc) is 2.27. The van der Waals surface area contributed by atoms with Crippen LogP contribution in [0.15, 0.2) is 0 Å². The molecule has 0 unspecified atom stereocenters. The molecule has 0 aromatic carbocycles.